The molecule has 0 saturated heterocycles. The topological polar surface area (TPSA) is 121 Å². The van der Waals surface area contributed by atoms with Crippen molar-refractivity contribution in [2.45, 2.75) is 25.8 Å². The molecule has 2 heterocycles. The molecule has 0 bridgehead atoms. The average Bonchev–Trinajstić information content (AvgIpc) is 2.83. The fourth-order valence-corrected chi connectivity index (χ4v) is 2.16. The first-order chi connectivity index (χ1) is 10.8. The van der Waals surface area contributed by atoms with Crippen LogP contribution < -0.4 is 5.32 Å². The van der Waals surface area contributed by atoms with Crippen LogP contribution in [-0.4, -0.2) is 43.5 Å². The molecule has 23 heavy (non-hydrogen) atoms. The summed E-state index contributed by atoms with van der Waals surface area (Å²) in [7, 11) is 0. The molecule has 1 atom stereocenters. The highest BCUT2D eigenvalue weighted by atomic mass is 19.1. The molecule has 0 radical (unpaired) electrons. The van der Waals surface area contributed by atoms with Crippen molar-refractivity contribution in [1.82, 2.24) is 14.7 Å². The third-order valence-corrected chi connectivity index (χ3v) is 3.19. The van der Waals surface area contributed by atoms with Gasteiger partial charge in [0, 0.05) is 6.20 Å². The lowest BCUT2D eigenvalue weighted by molar-refractivity contribution is -0.145. The van der Waals surface area contributed by atoms with Gasteiger partial charge in [0.25, 0.3) is 5.91 Å². The zero-order valence-corrected chi connectivity index (χ0v) is 12.1. The molecule has 0 aliphatic rings. The predicted molar refractivity (Wildman–Crippen MR) is 75.7 cm³/mol. The number of aromatic nitrogens is 2. The number of amides is 1. The molecule has 0 aliphatic heterocycles. The zero-order valence-electron chi connectivity index (χ0n) is 12.1. The van der Waals surface area contributed by atoms with E-state index in [1.165, 1.54) is 16.5 Å². The summed E-state index contributed by atoms with van der Waals surface area (Å²) in [4.78, 5) is 38.3. The standard InChI is InChI=1S/C14H14FN3O5/c1-2-8-12(18-6-7(15)3-4-10(18)16-8)13(21)17-9(14(22)23)5-11(19)20/h3-4,6,9H,2,5H2,1H3,(H,17,21)(H,19,20)(H,22,23). The zero-order chi connectivity index (χ0) is 17.1. The first-order valence-electron chi connectivity index (χ1n) is 6.75. The lowest BCUT2D eigenvalue weighted by atomic mass is 10.2. The molecule has 2 aromatic rings. The molecule has 2 aromatic heterocycles. The van der Waals surface area contributed by atoms with Crippen molar-refractivity contribution >= 4 is 23.5 Å². The van der Waals surface area contributed by atoms with Crippen LogP contribution in [0.3, 0.4) is 0 Å². The van der Waals surface area contributed by atoms with Crippen LogP contribution in [0.5, 0.6) is 0 Å². The second-order valence-corrected chi connectivity index (χ2v) is 4.80. The van der Waals surface area contributed by atoms with Gasteiger partial charge >= 0.3 is 11.9 Å². The number of pyridine rings is 1. The monoisotopic (exact) mass is 323 g/mol. The number of carboxylic acid groups (broad SMARTS) is 2. The van der Waals surface area contributed by atoms with Crippen LogP contribution in [0.4, 0.5) is 4.39 Å². The van der Waals surface area contributed by atoms with Crippen molar-refractivity contribution in [2.24, 2.45) is 0 Å². The molecule has 8 nitrogen and oxygen atoms in total. The van der Waals surface area contributed by atoms with Gasteiger partial charge in [-0.15, -0.1) is 0 Å². The quantitative estimate of drug-likeness (QED) is 0.719. The van der Waals surface area contributed by atoms with Crippen LogP contribution in [0, 0.1) is 5.82 Å². The predicted octanol–water partition coefficient (Wildman–Crippen LogP) is 0.694. The third-order valence-electron chi connectivity index (χ3n) is 3.19. The van der Waals surface area contributed by atoms with Gasteiger partial charge in [0.15, 0.2) is 0 Å². The normalized spacial score (nSPS) is 12.1. The smallest absolute Gasteiger partial charge is 0.326 e. The lowest BCUT2D eigenvalue weighted by Crippen LogP contribution is -2.42. The fraction of sp³-hybridized carbons (Fsp3) is 0.286. The van der Waals surface area contributed by atoms with Gasteiger partial charge in [-0.3, -0.25) is 14.0 Å². The summed E-state index contributed by atoms with van der Waals surface area (Å²) in [5, 5.41) is 19.8. The minimum Gasteiger partial charge on any atom is -0.481 e. The molecule has 3 N–H and O–H groups in total. The van der Waals surface area contributed by atoms with Crippen molar-refractivity contribution in [1.29, 1.82) is 0 Å². The SMILES string of the molecule is CCc1nc2ccc(F)cn2c1C(=O)NC(CC(=O)O)C(=O)O. The van der Waals surface area contributed by atoms with Crippen LogP contribution in [0.25, 0.3) is 5.65 Å². The van der Waals surface area contributed by atoms with Crippen LogP contribution in [0.2, 0.25) is 0 Å². The first-order valence-corrected chi connectivity index (χ1v) is 6.75. The summed E-state index contributed by atoms with van der Waals surface area (Å²) in [6, 6.07) is 0.981. The van der Waals surface area contributed by atoms with Gasteiger partial charge in [-0.25, -0.2) is 14.2 Å². The van der Waals surface area contributed by atoms with E-state index < -0.39 is 36.1 Å². The summed E-state index contributed by atoms with van der Waals surface area (Å²) in [5.74, 6) is -4.25. The number of hydrogen-bond donors (Lipinski definition) is 3. The van der Waals surface area contributed by atoms with Crippen molar-refractivity contribution in [3.05, 3.63) is 35.5 Å². The number of carbonyl (C=O) groups excluding carboxylic acids is 1. The summed E-state index contributed by atoms with van der Waals surface area (Å²) in [6.45, 7) is 1.74. The molecule has 122 valence electrons. The summed E-state index contributed by atoms with van der Waals surface area (Å²) >= 11 is 0. The van der Waals surface area contributed by atoms with Crippen molar-refractivity contribution in [3.8, 4) is 0 Å². The van der Waals surface area contributed by atoms with Crippen molar-refractivity contribution in [3.63, 3.8) is 0 Å². The number of aliphatic carboxylic acids is 2. The molecular formula is C14H14FN3O5. The number of nitrogens with one attached hydrogen (secondary N) is 1. The van der Waals surface area contributed by atoms with Crippen molar-refractivity contribution < 1.29 is 29.0 Å². The molecule has 0 saturated carbocycles. The average molecular weight is 323 g/mol. The number of halogens is 1. The minimum absolute atomic E-state index is 0.0151. The Hall–Kier alpha value is -2.97. The molecule has 0 aromatic carbocycles. The van der Waals surface area contributed by atoms with Gasteiger partial charge in [-0.1, -0.05) is 6.92 Å². The summed E-state index contributed by atoms with van der Waals surface area (Å²) in [5.41, 5.74) is 0.671. The number of carboxylic acids is 2. The molecular weight excluding hydrogens is 309 g/mol. The Labute approximate surface area is 129 Å². The molecule has 1 amide bonds. The molecule has 9 heteroatoms. The third kappa shape index (κ3) is 3.44. The van der Waals surface area contributed by atoms with E-state index in [9.17, 15) is 18.8 Å². The van der Waals surface area contributed by atoms with E-state index in [1.54, 1.807) is 6.92 Å². The Kier molecular flexibility index (Phi) is 4.58. The number of hydrogen-bond acceptors (Lipinski definition) is 4. The second-order valence-electron chi connectivity index (χ2n) is 4.80. The summed E-state index contributed by atoms with van der Waals surface area (Å²) in [6.07, 6.45) is 0.653. The van der Waals surface area contributed by atoms with Gasteiger partial charge in [-0.2, -0.15) is 0 Å². The molecule has 0 aliphatic carbocycles. The van der Waals surface area contributed by atoms with Gasteiger partial charge < -0.3 is 15.5 Å². The van der Waals surface area contributed by atoms with Gasteiger partial charge in [0.2, 0.25) is 0 Å². The Bertz CT molecular complexity index is 786. The maximum atomic E-state index is 13.4. The Balaban J connectivity index is 2.41. The number of nitrogens with zero attached hydrogens (tertiary/aromatic N) is 2. The molecule has 0 spiro atoms. The van der Waals surface area contributed by atoms with Crippen molar-refractivity contribution in [2.75, 3.05) is 0 Å². The summed E-state index contributed by atoms with van der Waals surface area (Å²) < 4.78 is 14.6. The van der Waals surface area contributed by atoms with E-state index in [1.807, 2.05) is 0 Å². The number of carbonyl (C=O) groups is 3. The van der Waals surface area contributed by atoms with Crippen LogP contribution in [0.15, 0.2) is 18.3 Å². The van der Waals surface area contributed by atoms with Crippen LogP contribution in [0.1, 0.15) is 29.5 Å². The van der Waals surface area contributed by atoms with Gasteiger partial charge in [0.05, 0.1) is 12.1 Å². The van der Waals surface area contributed by atoms with Gasteiger partial charge in [-0.05, 0) is 18.6 Å². The largest absolute Gasteiger partial charge is 0.481 e. The Morgan fingerprint density at radius 2 is 2.04 bits per heavy atom. The van der Waals surface area contributed by atoms with Gasteiger partial charge in [0.1, 0.15) is 23.2 Å². The molecule has 2 rings (SSSR count). The lowest BCUT2D eigenvalue weighted by Gasteiger charge is -2.12. The number of aryl methyl sites for hydroxylation is 1. The highest BCUT2D eigenvalue weighted by Crippen LogP contribution is 2.15. The number of rotatable bonds is 6. The maximum absolute atomic E-state index is 13.4. The second kappa shape index (κ2) is 6.42. The number of imidazole rings is 1. The van der Waals surface area contributed by atoms with E-state index in [0.29, 0.717) is 17.8 Å². The van der Waals surface area contributed by atoms with E-state index in [4.69, 9.17) is 10.2 Å². The fourth-order valence-electron chi connectivity index (χ4n) is 2.16. The highest BCUT2D eigenvalue weighted by Gasteiger charge is 2.26. The Morgan fingerprint density at radius 3 is 2.61 bits per heavy atom. The molecule has 1 unspecified atom stereocenters. The minimum atomic E-state index is -1.59. The maximum Gasteiger partial charge on any atom is 0.326 e. The van der Waals surface area contributed by atoms with Crippen LogP contribution in [-0.2, 0) is 16.0 Å². The molecule has 0 fully saturated rings. The Morgan fingerprint density at radius 1 is 1.35 bits per heavy atom. The van der Waals surface area contributed by atoms with E-state index in [2.05, 4.69) is 10.3 Å². The van der Waals surface area contributed by atoms with E-state index in [-0.39, 0.29) is 5.69 Å². The van der Waals surface area contributed by atoms with Crippen LogP contribution >= 0.6 is 0 Å². The van der Waals surface area contributed by atoms with E-state index >= 15 is 0 Å². The number of fused-ring (bicyclic) bond motifs is 1. The van der Waals surface area contributed by atoms with E-state index in [0.717, 1.165) is 6.20 Å². The first kappa shape index (κ1) is 16.4. The highest BCUT2D eigenvalue weighted by molar-refractivity contribution is 5.97.